The smallest absolute Gasteiger partial charge is 0.259 e. The van der Waals surface area contributed by atoms with E-state index < -0.39 is 0 Å². The molecule has 1 aliphatic rings. The summed E-state index contributed by atoms with van der Waals surface area (Å²) in [6.45, 7) is 4.39. The second kappa shape index (κ2) is 8.11. The number of nitrogens with one attached hydrogen (secondary N) is 2. The van der Waals surface area contributed by atoms with Gasteiger partial charge in [0.05, 0.1) is 6.54 Å². The van der Waals surface area contributed by atoms with Crippen molar-refractivity contribution in [3.05, 3.63) is 26.6 Å². The summed E-state index contributed by atoms with van der Waals surface area (Å²) in [5.41, 5.74) is 5.79. The van der Waals surface area contributed by atoms with Gasteiger partial charge in [-0.05, 0) is 49.8 Å². The number of nitrogens with zero attached hydrogens (tertiary/aromatic N) is 1. The second-order valence-corrected chi connectivity index (χ2v) is 7.41. The van der Waals surface area contributed by atoms with Gasteiger partial charge in [-0.25, -0.2) is 5.43 Å². The standard InChI is InChI=1S/C16H21Br2N3O/c1-10-5-3-4-6-15(10)20-21-16(22)9-19-12-7-13(17)11(2)14(18)8-12/h7-8,10,19H,3-6,9H2,1-2H3,(H,21,22)/b20-15+/t10-/m1/s1. The third-order valence-corrected chi connectivity index (χ3v) is 5.59. The SMILES string of the molecule is Cc1c(Br)cc(NCC(=O)N/N=C2\CCCC[C@H]2C)cc1Br. The number of hydrogen-bond acceptors (Lipinski definition) is 3. The first-order chi connectivity index (χ1) is 10.5. The van der Waals surface area contributed by atoms with E-state index in [2.05, 4.69) is 54.6 Å². The molecule has 0 heterocycles. The van der Waals surface area contributed by atoms with Crippen LogP contribution in [0, 0.1) is 12.8 Å². The van der Waals surface area contributed by atoms with E-state index in [1.165, 1.54) is 19.3 Å². The van der Waals surface area contributed by atoms with Crippen LogP contribution in [0.4, 0.5) is 5.69 Å². The molecular formula is C16H21Br2N3O. The van der Waals surface area contributed by atoms with E-state index in [0.717, 1.165) is 32.3 Å². The Morgan fingerprint density at radius 3 is 2.64 bits per heavy atom. The van der Waals surface area contributed by atoms with Gasteiger partial charge in [-0.1, -0.05) is 45.2 Å². The molecule has 2 rings (SSSR count). The van der Waals surface area contributed by atoms with E-state index in [-0.39, 0.29) is 12.5 Å². The first kappa shape index (κ1) is 17.5. The first-order valence-corrected chi connectivity index (χ1v) is 9.10. The van der Waals surface area contributed by atoms with Crippen molar-refractivity contribution in [1.82, 2.24) is 5.43 Å². The largest absolute Gasteiger partial charge is 0.376 e. The molecule has 22 heavy (non-hydrogen) atoms. The number of benzene rings is 1. The van der Waals surface area contributed by atoms with E-state index >= 15 is 0 Å². The summed E-state index contributed by atoms with van der Waals surface area (Å²) in [5, 5.41) is 7.40. The fourth-order valence-corrected chi connectivity index (χ4v) is 3.63. The average molecular weight is 431 g/mol. The minimum Gasteiger partial charge on any atom is -0.376 e. The van der Waals surface area contributed by atoms with Gasteiger partial charge in [0, 0.05) is 20.3 Å². The summed E-state index contributed by atoms with van der Waals surface area (Å²) in [7, 11) is 0. The third-order valence-electron chi connectivity index (χ3n) is 3.95. The molecule has 1 aromatic carbocycles. The van der Waals surface area contributed by atoms with Crippen LogP contribution in [0.2, 0.25) is 0 Å². The van der Waals surface area contributed by atoms with Gasteiger partial charge in [-0.2, -0.15) is 5.10 Å². The summed E-state index contributed by atoms with van der Waals surface area (Å²) in [5.74, 6) is 0.351. The molecule has 2 N–H and O–H groups in total. The number of rotatable bonds is 4. The van der Waals surface area contributed by atoms with Crippen molar-refractivity contribution in [3.8, 4) is 0 Å². The summed E-state index contributed by atoms with van der Waals surface area (Å²) >= 11 is 7.00. The lowest BCUT2D eigenvalue weighted by molar-refractivity contribution is -0.119. The predicted octanol–water partition coefficient (Wildman–Crippen LogP) is 4.61. The molecule has 0 spiro atoms. The highest BCUT2D eigenvalue weighted by atomic mass is 79.9. The Hall–Kier alpha value is -0.880. The lowest BCUT2D eigenvalue weighted by atomic mass is 9.89. The lowest BCUT2D eigenvalue weighted by Gasteiger charge is -2.19. The maximum Gasteiger partial charge on any atom is 0.259 e. The summed E-state index contributed by atoms with van der Waals surface area (Å²) in [4.78, 5) is 11.9. The van der Waals surface area contributed by atoms with Gasteiger partial charge in [0.1, 0.15) is 0 Å². The van der Waals surface area contributed by atoms with Crippen LogP contribution in [-0.2, 0) is 4.79 Å². The minimum absolute atomic E-state index is 0.127. The Morgan fingerprint density at radius 2 is 2.00 bits per heavy atom. The molecule has 1 fully saturated rings. The van der Waals surface area contributed by atoms with E-state index in [0.29, 0.717) is 5.92 Å². The molecule has 0 bridgehead atoms. The molecule has 1 aromatic rings. The lowest BCUT2D eigenvalue weighted by Crippen LogP contribution is -2.28. The van der Waals surface area contributed by atoms with Crippen molar-refractivity contribution in [2.24, 2.45) is 11.0 Å². The molecule has 120 valence electrons. The predicted molar refractivity (Wildman–Crippen MR) is 98.3 cm³/mol. The van der Waals surface area contributed by atoms with Crippen LogP contribution >= 0.6 is 31.9 Å². The van der Waals surface area contributed by atoms with Crippen LogP contribution in [0.5, 0.6) is 0 Å². The molecule has 4 nitrogen and oxygen atoms in total. The number of amides is 1. The van der Waals surface area contributed by atoms with Gasteiger partial charge >= 0.3 is 0 Å². The Labute approximate surface area is 148 Å². The molecule has 0 unspecified atom stereocenters. The molecule has 1 amide bonds. The van der Waals surface area contributed by atoms with Crippen molar-refractivity contribution in [3.63, 3.8) is 0 Å². The minimum atomic E-state index is -0.127. The Kier molecular flexibility index (Phi) is 6.44. The van der Waals surface area contributed by atoms with Crippen molar-refractivity contribution in [2.75, 3.05) is 11.9 Å². The molecular weight excluding hydrogens is 410 g/mol. The van der Waals surface area contributed by atoms with Gasteiger partial charge in [-0.15, -0.1) is 0 Å². The number of carbonyl (C=O) groups is 1. The van der Waals surface area contributed by atoms with E-state index in [1.54, 1.807) is 0 Å². The zero-order chi connectivity index (χ0) is 16.1. The zero-order valence-corrected chi connectivity index (χ0v) is 16.1. The fraction of sp³-hybridized carbons (Fsp3) is 0.500. The van der Waals surface area contributed by atoms with Crippen molar-refractivity contribution in [1.29, 1.82) is 0 Å². The van der Waals surface area contributed by atoms with Crippen LogP contribution < -0.4 is 10.7 Å². The molecule has 6 heteroatoms. The highest BCUT2D eigenvalue weighted by Crippen LogP contribution is 2.28. The van der Waals surface area contributed by atoms with Crippen LogP contribution in [0.1, 0.15) is 38.2 Å². The zero-order valence-electron chi connectivity index (χ0n) is 12.9. The van der Waals surface area contributed by atoms with E-state index in [4.69, 9.17) is 0 Å². The Bertz CT molecular complexity index is 564. The number of anilines is 1. The normalized spacial score (nSPS) is 20.0. The molecule has 1 saturated carbocycles. The Morgan fingerprint density at radius 1 is 1.32 bits per heavy atom. The number of hydrazone groups is 1. The number of hydrogen-bond donors (Lipinski definition) is 2. The fourth-order valence-electron chi connectivity index (χ4n) is 2.44. The van der Waals surface area contributed by atoms with Crippen molar-refractivity contribution < 1.29 is 4.79 Å². The maximum atomic E-state index is 11.9. The van der Waals surface area contributed by atoms with Gasteiger partial charge in [0.15, 0.2) is 0 Å². The summed E-state index contributed by atoms with van der Waals surface area (Å²) in [6, 6.07) is 3.92. The number of carbonyl (C=O) groups excluding carboxylic acids is 1. The highest BCUT2D eigenvalue weighted by Gasteiger charge is 2.16. The van der Waals surface area contributed by atoms with Gasteiger partial charge in [-0.3, -0.25) is 4.79 Å². The molecule has 0 radical (unpaired) electrons. The molecule has 0 aliphatic heterocycles. The highest BCUT2D eigenvalue weighted by molar-refractivity contribution is 9.11. The van der Waals surface area contributed by atoms with Crippen LogP contribution in [0.25, 0.3) is 0 Å². The molecule has 0 aromatic heterocycles. The van der Waals surface area contributed by atoms with Gasteiger partial charge in [0.25, 0.3) is 5.91 Å². The second-order valence-electron chi connectivity index (χ2n) is 5.70. The van der Waals surface area contributed by atoms with Crippen molar-refractivity contribution in [2.45, 2.75) is 39.5 Å². The van der Waals surface area contributed by atoms with Crippen LogP contribution in [0.3, 0.4) is 0 Å². The summed E-state index contributed by atoms with van der Waals surface area (Å²) < 4.78 is 2.00. The van der Waals surface area contributed by atoms with Gasteiger partial charge in [0.2, 0.25) is 0 Å². The molecule has 1 atom stereocenters. The average Bonchev–Trinajstić information content (AvgIpc) is 2.49. The Balaban J connectivity index is 1.86. The van der Waals surface area contributed by atoms with Crippen LogP contribution in [-0.4, -0.2) is 18.2 Å². The monoisotopic (exact) mass is 429 g/mol. The summed E-state index contributed by atoms with van der Waals surface area (Å²) in [6.07, 6.45) is 4.58. The molecule has 1 aliphatic carbocycles. The maximum absolute atomic E-state index is 11.9. The topological polar surface area (TPSA) is 53.5 Å². The third kappa shape index (κ3) is 4.81. The van der Waals surface area contributed by atoms with E-state index in [9.17, 15) is 4.79 Å². The quantitative estimate of drug-likeness (QED) is 0.685. The van der Waals surface area contributed by atoms with Crippen molar-refractivity contribution >= 4 is 49.2 Å². The van der Waals surface area contributed by atoms with Gasteiger partial charge < -0.3 is 5.32 Å². The van der Waals surface area contributed by atoms with E-state index in [1.807, 2.05) is 19.1 Å². The first-order valence-electron chi connectivity index (χ1n) is 7.52. The van der Waals surface area contributed by atoms with Crippen LogP contribution in [0.15, 0.2) is 26.2 Å². The number of halogens is 2. The molecule has 0 saturated heterocycles.